The van der Waals surface area contributed by atoms with E-state index in [0.717, 1.165) is 11.4 Å². The number of nitrogens with zero attached hydrogens (tertiary/aromatic N) is 1. The van der Waals surface area contributed by atoms with E-state index in [9.17, 15) is 8.42 Å². The highest BCUT2D eigenvalue weighted by molar-refractivity contribution is 7.91. The average Bonchev–Trinajstić information content (AvgIpc) is 2.94. The van der Waals surface area contributed by atoms with Crippen LogP contribution in [0.15, 0.2) is 33.2 Å². The van der Waals surface area contributed by atoms with Crippen LogP contribution in [0.1, 0.15) is 23.4 Å². The summed E-state index contributed by atoms with van der Waals surface area (Å²) in [6.45, 7) is 0.862. The maximum atomic E-state index is 12.1. The van der Waals surface area contributed by atoms with Crippen LogP contribution in [0.25, 0.3) is 0 Å². The topological polar surface area (TPSA) is 84.2 Å². The van der Waals surface area contributed by atoms with Gasteiger partial charge in [0.05, 0.1) is 12.2 Å². The van der Waals surface area contributed by atoms with E-state index in [2.05, 4.69) is 19.7 Å². The van der Waals surface area contributed by atoms with Crippen molar-refractivity contribution in [3.8, 4) is 0 Å². The molecule has 20 heavy (non-hydrogen) atoms. The number of nitrogens with one attached hydrogen (secondary N) is 2. The molecule has 8 heteroatoms. The van der Waals surface area contributed by atoms with Gasteiger partial charge in [-0.25, -0.2) is 13.1 Å². The third-order valence-electron chi connectivity index (χ3n) is 2.98. The van der Waals surface area contributed by atoms with Gasteiger partial charge in [-0.3, -0.25) is 0 Å². The van der Waals surface area contributed by atoms with Crippen LogP contribution in [-0.4, -0.2) is 19.6 Å². The largest absolute Gasteiger partial charge is 0.364 e. The van der Waals surface area contributed by atoms with E-state index >= 15 is 0 Å². The predicted molar refractivity (Wildman–Crippen MR) is 74.7 cm³/mol. The summed E-state index contributed by atoms with van der Waals surface area (Å²) in [5.41, 5.74) is 0.556. The van der Waals surface area contributed by atoms with Crippen LogP contribution in [0, 0.1) is 0 Å². The lowest BCUT2D eigenvalue weighted by atomic mass is 10.4. The molecule has 0 unspecified atom stereocenters. The molecule has 0 spiro atoms. The SMILES string of the molecule is O=S(=O)(NCc1ccon1)c1ccc(CNC2CC2)s1. The van der Waals surface area contributed by atoms with Crippen LogP contribution in [-0.2, 0) is 23.1 Å². The number of hydrogen-bond acceptors (Lipinski definition) is 6. The Morgan fingerprint density at radius 2 is 2.15 bits per heavy atom. The molecule has 6 nitrogen and oxygen atoms in total. The number of thiophene rings is 1. The molecule has 0 aliphatic heterocycles. The lowest BCUT2D eigenvalue weighted by Gasteiger charge is -2.02. The monoisotopic (exact) mass is 313 g/mol. The van der Waals surface area contributed by atoms with Gasteiger partial charge in [-0.1, -0.05) is 5.16 Å². The molecule has 2 heterocycles. The third kappa shape index (κ3) is 3.45. The van der Waals surface area contributed by atoms with Crippen molar-refractivity contribution in [1.82, 2.24) is 15.2 Å². The first-order valence-electron chi connectivity index (χ1n) is 6.34. The van der Waals surface area contributed by atoms with Gasteiger partial charge in [0.1, 0.15) is 10.5 Å². The summed E-state index contributed by atoms with van der Waals surface area (Å²) in [6, 6.07) is 5.73. The number of sulfonamides is 1. The zero-order chi connectivity index (χ0) is 14.0. The van der Waals surface area contributed by atoms with Gasteiger partial charge < -0.3 is 9.84 Å². The summed E-state index contributed by atoms with van der Waals surface area (Å²) >= 11 is 1.29. The van der Waals surface area contributed by atoms with Crippen molar-refractivity contribution in [2.45, 2.75) is 36.2 Å². The van der Waals surface area contributed by atoms with Gasteiger partial charge in [0.25, 0.3) is 0 Å². The summed E-state index contributed by atoms with van der Waals surface area (Å²) in [6.07, 6.45) is 3.85. The zero-order valence-electron chi connectivity index (χ0n) is 10.7. The molecule has 0 bridgehead atoms. The smallest absolute Gasteiger partial charge is 0.250 e. The fourth-order valence-corrected chi connectivity index (χ4v) is 4.05. The Balaban J connectivity index is 1.61. The Morgan fingerprint density at radius 1 is 1.30 bits per heavy atom. The van der Waals surface area contributed by atoms with Crippen LogP contribution in [0.5, 0.6) is 0 Å². The highest BCUT2D eigenvalue weighted by Gasteiger charge is 2.21. The molecule has 0 atom stereocenters. The van der Waals surface area contributed by atoms with E-state index < -0.39 is 10.0 Å². The van der Waals surface area contributed by atoms with E-state index in [1.807, 2.05) is 6.07 Å². The molecule has 1 fully saturated rings. The van der Waals surface area contributed by atoms with Gasteiger partial charge >= 0.3 is 0 Å². The molecule has 0 saturated heterocycles. The maximum absolute atomic E-state index is 12.1. The standard InChI is InChI=1S/C12H15N3O3S2/c16-20(17,14-7-10-5-6-18-15-10)12-4-3-11(19-12)8-13-9-1-2-9/h3-6,9,13-14H,1-2,7-8H2. The van der Waals surface area contributed by atoms with Crippen molar-refractivity contribution in [1.29, 1.82) is 0 Å². The molecule has 0 amide bonds. The zero-order valence-corrected chi connectivity index (χ0v) is 12.3. The summed E-state index contributed by atoms with van der Waals surface area (Å²) in [5.74, 6) is 0. The second-order valence-electron chi connectivity index (χ2n) is 4.69. The molecule has 3 rings (SSSR count). The van der Waals surface area contributed by atoms with Gasteiger partial charge in [-0.05, 0) is 25.0 Å². The molecule has 2 N–H and O–H groups in total. The van der Waals surface area contributed by atoms with Crippen molar-refractivity contribution in [2.75, 3.05) is 0 Å². The molecule has 0 aromatic carbocycles. The lowest BCUT2D eigenvalue weighted by Crippen LogP contribution is -2.22. The molecule has 1 aliphatic rings. The second kappa shape index (κ2) is 5.65. The maximum Gasteiger partial charge on any atom is 0.250 e. The van der Waals surface area contributed by atoms with Gasteiger partial charge in [0.2, 0.25) is 10.0 Å². The van der Waals surface area contributed by atoms with Crippen molar-refractivity contribution in [3.63, 3.8) is 0 Å². The number of rotatable bonds is 7. The summed E-state index contributed by atoms with van der Waals surface area (Å²) in [5, 5.41) is 7.03. The molecule has 1 aliphatic carbocycles. The number of aromatic nitrogens is 1. The lowest BCUT2D eigenvalue weighted by molar-refractivity contribution is 0.411. The first-order chi connectivity index (χ1) is 9.63. The summed E-state index contributed by atoms with van der Waals surface area (Å²) in [4.78, 5) is 1.03. The second-order valence-corrected chi connectivity index (χ2v) is 7.85. The summed E-state index contributed by atoms with van der Waals surface area (Å²) < 4.78 is 31.7. The molecule has 1 saturated carbocycles. The Labute approximate surface area is 121 Å². The molecule has 2 aromatic rings. The Bertz CT molecular complexity index is 660. The Hall–Kier alpha value is -1.22. The van der Waals surface area contributed by atoms with Crippen LogP contribution in [0.2, 0.25) is 0 Å². The van der Waals surface area contributed by atoms with E-state index in [0.29, 0.717) is 15.9 Å². The van der Waals surface area contributed by atoms with Gasteiger partial charge in [-0.15, -0.1) is 11.3 Å². The number of hydrogen-bond donors (Lipinski definition) is 2. The quantitative estimate of drug-likeness (QED) is 0.808. The molecule has 0 radical (unpaired) electrons. The fourth-order valence-electron chi connectivity index (χ4n) is 1.70. The van der Waals surface area contributed by atoms with Gasteiger partial charge in [-0.2, -0.15) is 0 Å². The van der Waals surface area contributed by atoms with Crippen molar-refractivity contribution in [3.05, 3.63) is 35.0 Å². The Kier molecular flexibility index (Phi) is 3.88. The van der Waals surface area contributed by atoms with Gasteiger partial charge in [0, 0.05) is 23.5 Å². The van der Waals surface area contributed by atoms with Crippen LogP contribution in [0.3, 0.4) is 0 Å². The van der Waals surface area contributed by atoms with E-state index in [1.165, 1.54) is 30.4 Å². The van der Waals surface area contributed by atoms with Crippen molar-refractivity contribution >= 4 is 21.4 Å². The minimum Gasteiger partial charge on any atom is -0.364 e. The van der Waals surface area contributed by atoms with E-state index in [4.69, 9.17) is 0 Å². The average molecular weight is 313 g/mol. The highest BCUT2D eigenvalue weighted by Crippen LogP contribution is 2.24. The minimum atomic E-state index is -3.48. The first kappa shape index (κ1) is 13.7. The fraction of sp³-hybridized carbons (Fsp3) is 0.417. The highest BCUT2D eigenvalue weighted by atomic mass is 32.2. The third-order valence-corrected chi connectivity index (χ3v) is 5.96. The predicted octanol–water partition coefficient (Wildman–Crippen LogP) is 1.47. The molecule has 2 aromatic heterocycles. The van der Waals surface area contributed by atoms with Crippen molar-refractivity contribution in [2.24, 2.45) is 0 Å². The first-order valence-corrected chi connectivity index (χ1v) is 8.64. The Morgan fingerprint density at radius 3 is 2.85 bits per heavy atom. The van der Waals surface area contributed by atoms with Crippen molar-refractivity contribution < 1.29 is 12.9 Å². The molecular formula is C12H15N3O3S2. The van der Waals surface area contributed by atoms with Crippen LogP contribution < -0.4 is 10.0 Å². The normalized spacial score (nSPS) is 15.6. The van der Waals surface area contributed by atoms with Crippen LogP contribution >= 0.6 is 11.3 Å². The minimum absolute atomic E-state index is 0.131. The summed E-state index contributed by atoms with van der Waals surface area (Å²) in [7, 11) is -3.48. The van der Waals surface area contributed by atoms with E-state index in [1.54, 1.807) is 12.1 Å². The van der Waals surface area contributed by atoms with E-state index in [-0.39, 0.29) is 6.54 Å². The van der Waals surface area contributed by atoms with Gasteiger partial charge in [0.15, 0.2) is 0 Å². The molecular weight excluding hydrogens is 298 g/mol. The van der Waals surface area contributed by atoms with Crippen LogP contribution in [0.4, 0.5) is 0 Å². The molecule has 108 valence electrons.